The second kappa shape index (κ2) is 8.00. The lowest BCUT2D eigenvalue weighted by Gasteiger charge is -2.29. The Hall–Kier alpha value is -3.44. The largest absolute Gasteiger partial charge is 0.325 e. The van der Waals surface area contributed by atoms with Crippen molar-refractivity contribution in [1.29, 1.82) is 0 Å². The summed E-state index contributed by atoms with van der Waals surface area (Å²) in [6.45, 7) is 2.37. The zero-order valence-electron chi connectivity index (χ0n) is 17.3. The molecular formula is C26H25N3O2. The topological polar surface area (TPSA) is 52.7 Å². The van der Waals surface area contributed by atoms with E-state index in [1.807, 2.05) is 78.9 Å². The van der Waals surface area contributed by atoms with Gasteiger partial charge in [-0.3, -0.25) is 14.6 Å². The average Bonchev–Trinajstić information content (AvgIpc) is 3.37. The summed E-state index contributed by atoms with van der Waals surface area (Å²) in [4.78, 5) is 30.9. The highest BCUT2D eigenvalue weighted by Crippen LogP contribution is 2.37. The fraction of sp³-hybridized carbons (Fsp3) is 0.231. The standard InChI is InChI=1S/C26H25N3O2/c30-24-26(21-12-6-2-7-13-21,22-14-8-3-9-15-22)27-25(31)29(24)23-16-17-28(19-23)18-20-10-4-1-5-11-20/h1-15,23H,16-19H2,(H,27,31)/t23-/m0/s1. The van der Waals surface area contributed by atoms with Crippen molar-refractivity contribution in [2.24, 2.45) is 0 Å². The van der Waals surface area contributed by atoms with E-state index in [-0.39, 0.29) is 18.0 Å². The van der Waals surface area contributed by atoms with Gasteiger partial charge in [-0.05, 0) is 23.1 Å². The van der Waals surface area contributed by atoms with E-state index in [4.69, 9.17) is 0 Å². The molecule has 2 fully saturated rings. The smallest absolute Gasteiger partial charge is 0.315 e. The minimum atomic E-state index is -1.19. The third-order valence-electron chi connectivity index (χ3n) is 6.33. The van der Waals surface area contributed by atoms with E-state index in [1.165, 1.54) is 10.5 Å². The van der Waals surface area contributed by atoms with Gasteiger partial charge in [0.15, 0.2) is 5.54 Å². The molecule has 2 saturated heterocycles. The van der Waals surface area contributed by atoms with Gasteiger partial charge < -0.3 is 5.32 Å². The van der Waals surface area contributed by atoms with Crippen LogP contribution in [0.5, 0.6) is 0 Å². The van der Waals surface area contributed by atoms with Crippen LogP contribution in [0.25, 0.3) is 0 Å². The van der Waals surface area contributed by atoms with E-state index in [9.17, 15) is 9.59 Å². The van der Waals surface area contributed by atoms with Crippen LogP contribution in [-0.4, -0.2) is 40.9 Å². The summed E-state index contributed by atoms with van der Waals surface area (Å²) in [7, 11) is 0. The normalized spacial score (nSPS) is 20.8. The molecule has 1 atom stereocenters. The lowest BCUT2D eigenvalue weighted by molar-refractivity contribution is -0.131. The molecule has 3 aromatic rings. The maximum atomic E-state index is 13.9. The number of rotatable bonds is 5. The number of nitrogens with zero attached hydrogens (tertiary/aromatic N) is 2. The van der Waals surface area contributed by atoms with Crippen LogP contribution < -0.4 is 5.32 Å². The monoisotopic (exact) mass is 411 g/mol. The molecule has 0 spiro atoms. The fourth-order valence-electron chi connectivity index (χ4n) is 4.82. The molecule has 5 nitrogen and oxygen atoms in total. The summed E-state index contributed by atoms with van der Waals surface area (Å²) >= 11 is 0. The lowest BCUT2D eigenvalue weighted by Crippen LogP contribution is -2.46. The molecule has 0 aromatic heterocycles. The van der Waals surface area contributed by atoms with Gasteiger partial charge in [-0.15, -0.1) is 0 Å². The number of carbonyl (C=O) groups excluding carboxylic acids is 2. The number of hydrogen-bond acceptors (Lipinski definition) is 3. The molecule has 0 aliphatic carbocycles. The molecule has 5 rings (SSSR count). The molecule has 1 N–H and O–H groups in total. The average molecular weight is 412 g/mol. The summed E-state index contributed by atoms with van der Waals surface area (Å²) in [5.41, 5.74) is 1.61. The Morgan fingerprint density at radius 2 is 1.35 bits per heavy atom. The van der Waals surface area contributed by atoms with Crippen LogP contribution in [0.15, 0.2) is 91.0 Å². The predicted molar refractivity (Wildman–Crippen MR) is 119 cm³/mol. The first kappa shape index (κ1) is 19.5. The molecule has 0 radical (unpaired) electrons. The maximum Gasteiger partial charge on any atom is 0.325 e. The predicted octanol–water partition coefficient (Wildman–Crippen LogP) is 3.76. The fourth-order valence-corrected chi connectivity index (χ4v) is 4.82. The van der Waals surface area contributed by atoms with Crippen molar-refractivity contribution in [3.8, 4) is 0 Å². The lowest BCUT2D eigenvalue weighted by atomic mass is 9.82. The Bertz CT molecular complexity index is 1030. The van der Waals surface area contributed by atoms with E-state index >= 15 is 0 Å². The van der Waals surface area contributed by atoms with Crippen LogP contribution in [0.3, 0.4) is 0 Å². The van der Waals surface area contributed by atoms with Crippen molar-refractivity contribution in [2.75, 3.05) is 13.1 Å². The number of likely N-dealkylation sites (tertiary alicyclic amines) is 1. The summed E-state index contributed by atoms with van der Waals surface area (Å²) < 4.78 is 0. The van der Waals surface area contributed by atoms with Crippen molar-refractivity contribution < 1.29 is 9.59 Å². The van der Waals surface area contributed by atoms with Gasteiger partial charge in [-0.25, -0.2) is 4.79 Å². The summed E-state index contributed by atoms with van der Waals surface area (Å²) in [6, 6.07) is 28.9. The highest BCUT2D eigenvalue weighted by Gasteiger charge is 2.56. The van der Waals surface area contributed by atoms with Crippen molar-refractivity contribution in [1.82, 2.24) is 15.1 Å². The summed E-state index contributed by atoms with van der Waals surface area (Å²) in [5.74, 6) is -0.193. The first-order chi connectivity index (χ1) is 15.2. The Kier molecular flexibility index (Phi) is 5.04. The van der Waals surface area contributed by atoms with Gasteiger partial charge in [0.2, 0.25) is 0 Å². The molecule has 0 saturated carbocycles. The quantitative estimate of drug-likeness (QED) is 0.651. The van der Waals surface area contributed by atoms with E-state index in [0.29, 0.717) is 6.54 Å². The van der Waals surface area contributed by atoms with Crippen LogP contribution in [0, 0.1) is 0 Å². The van der Waals surface area contributed by atoms with Gasteiger partial charge in [0.05, 0.1) is 6.04 Å². The Morgan fingerprint density at radius 1 is 0.806 bits per heavy atom. The molecule has 0 bridgehead atoms. The van der Waals surface area contributed by atoms with Crippen LogP contribution in [0.2, 0.25) is 0 Å². The van der Waals surface area contributed by atoms with Crippen LogP contribution in [0.4, 0.5) is 4.79 Å². The van der Waals surface area contributed by atoms with Crippen LogP contribution in [0.1, 0.15) is 23.1 Å². The third-order valence-corrected chi connectivity index (χ3v) is 6.33. The van der Waals surface area contributed by atoms with E-state index < -0.39 is 5.54 Å². The van der Waals surface area contributed by atoms with Gasteiger partial charge in [0.1, 0.15) is 0 Å². The van der Waals surface area contributed by atoms with E-state index in [2.05, 4.69) is 22.3 Å². The van der Waals surface area contributed by atoms with Gasteiger partial charge in [-0.1, -0.05) is 91.0 Å². The number of hydrogen-bond donors (Lipinski definition) is 1. The van der Waals surface area contributed by atoms with Crippen molar-refractivity contribution in [2.45, 2.75) is 24.5 Å². The molecule has 31 heavy (non-hydrogen) atoms. The molecular weight excluding hydrogens is 386 g/mol. The first-order valence-electron chi connectivity index (χ1n) is 10.7. The van der Waals surface area contributed by atoms with Crippen LogP contribution >= 0.6 is 0 Å². The number of nitrogens with one attached hydrogen (secondary N) is 1. The number of carbonyl (C=O) groups is 2. The highest BCUT2D eigenvalue weighted by atomic mass is 16.2. The molecule has 3 amide bonds. The molecule has 2 aliphatic rings. The van der Waals surface area contributed by atoms with Gasteiger partial charge in [-0.2, -0.15) is 0 Å². The molecule has 5 heteroatoms. The highest BCUT2D eigenvalue weighted by molar-refractivity contribution is 6.10. The maximum absolute atomic E-state index is 13.9. The molecule has 2 aliphatic heterocycles. The summed E-state index contributed by atoms with van der Waals surface area (Å²) in [6.07, 6.45) is 0.783. The van der Waals surface area contributed by atoms with Crippen molar-refractivity contribution >= 4 is 11.9 Å². The molecule has 0 unspecified atom stereocenters. The second-order valence-electron chi connectivity index (χ2n) is 8.25. The molecule has 156 valence electrons. The van der Waals surface area contributed by atoms with Crippen LogP contribution in [-0.2, 0) is 16.9 Å². The number of urea groups is 1. The molecule has 2 heterocycles. The number of benzene rings is 3. The summed E-state index contributed by atoms with van der Waals surface area (Å²) in [5, 5.41) is 3.06. The second-order valence-corrected chi connectivity index (χ2v) is 8.25. The van der Waals surface area contributed by atoms with Gasteiger partial charge >= 0.3 is 6.03 Å². The SMILES string of the molecule is O=C1NC(c2ccccc2)(c2ccccc2)C(=O)N1[C@H]1CCN(Cc2ccccc2)C1. The number of amides is 3. The minimum absolute atomic E-state index is 0.134. The zero-order valence-corrected chi connectivity index (χ0v) is 17.3. The Labute approximate surface area is 182 Å². The first-order valence-corrected chi connectivity index (χ1v) is 10.7. The van der Waals surface area contributed by atoms with E-state index in [0.717, 1.165) is 30.6 Å². The van der Waals surface area contributed by atoms with E-state index in [1.54, 1.807) is 0 Å². The third kappa shape index (κ3) is 3.41. The van der Waals surface area contributed by atoms with Gasteiger partial charge in [0, 0.05) is 19.6 Å². The minimum Gasteiger partial charge on any atom is -0.315 e. The zero-order chi connectivity index (χ0) is 21.3. The Balaban J connectivity index is 1.44. The van der Waals surface area contributed by atoms with Crippen molar-refractivity contribution in [3.05, 3.63) is 108 Å². The number of imide groups is 1. The van der Waals surface area contributed by atoms with Gasteiger partial charge in [0.25, 0.3) is 5.91 Å². The molecule has 3 aromatic carbocycles. The Morgan fingerprint density at radius 3 is 1.94 bits per heavy atom. The van der Waals surface area contributed by atoms with Crippen molar-refractivity contribution in [3.63, 3.8) is 0 Å².